The number of carbonyl (C=O) groups excluding carboxylic acids is 2. The van der Waals surface area contributed by atoms with Gasteiger partial charge in [-0.25, -0.2) is 4.79 Å². The molecule has 0 saturated carbocycles. The second-order valence-electron chi connectivity index (χ2n) is 18.0. The number of ether oxygens (including phenoxy) is 9. The largest absolute Gasteiger partial charge is 0.450 e. The van der Waals surface area contributed by atoms with Gasteiger partial charge in [0.05, 0.1) is 51.6 Å². The zero-order valence-corrected chi connectivity index (χ0v) is 39.2. The molecule has 3 saturated heterocycles. The highest BCUT2D eigenvalue weighted by molar-refractivity contribution is 5.89. The van der Waals surface area contributed by atoms with Crippen LogP contribution in [0.1, 0.15) is 38.2 Å². The van der Waals surface area contributed by atoms with Crippen LogP contribution in [0.3, 0.4) is 0 Å². The number of benzene rings is 7. The standard InChI is InChI=1S/C59H57NO11/c61-50(33-40-18-6-1-7-19-40)60-51-54(65-35-42-22-10-3-11-23-42)52(64-37-44-30-31-45-26-16-17-29-47(45)32-44)48(38-63-34-41-20-8-2-9-21-41)68-58(51)71-53-49-39-67-59(69-49)56(70-57(62)46-27-14-5-15-28-46)55(53)66-36-43-24-12-4-13-25-43/h1-32,48-49,51-56,58-59H,33-39H2,(H,60,61)/t48-,49+,51-,52-,53+,54-,55-,56-,58-,59-/m1/s1. The van der Waals surface area contributed by atoms with E-state index in [1.54, 1.807) is 24.3 Å². The number of rotatable bonds is 20. The van der Waals surface area contributed by atoms with E-state index < -0.39 is 67.3 Å². The number of amides is 1. The van der Waals surface area contributed by atoms with Crippen molar-refractivity contribution >= 4 is 22.6 Å². The van der Waals surface area contributed by atoms with E-state index >= 15 is 0 Å². The predicted octanol–water partition coefficient (Wildman–Crippen LogP) is 8.93. The van der Waals surface area contributed by atoms with Crippen LogP contribution in [-0.2, 0) is 80.3 Å². The summed E-state index contributed by atoms with van der Waals surface area (Å²) in [5.41, 5.74) is 4.93. The second-order valence-corrected chi connectivity index (χ2v) is 18.0. The third kappa shape index (κ3) is 12.3. The maximum Gasteiger partial charge on any atom is 0.338 e. The van der Waals surface area contributed by atoms with Crippen LogP contribution in [0.25, 0.3) is 10.8 Å². The Kier molecular flexibility index (Phi) is 15.9. The van der Waals surface area contributed by atoms with Gasteiger partial charge in [-0.2, -0.15) is 0 Å². The first kappa shape index (κ1) is 48.1. The lowest BCUT2D eigenvalue weighted by Gasteiger charge is -2.48. The number of carbonyl (C=O) groups is 2. The van der Waals surface area contributed by atoms with Crippen LogP contribution in [0.4, 0.5) is 0 Å². The molecule has 3 aliphatic rings. The molecular formula is C59H57NO11. The van der Waals surface area contributed by atoms with Crippen molar-refractivity contribution in [1.29, 1.82) is 0 Å². The Morgan fingerprint density at radius 1 is 0.507 bits per heavy atom. The van der Waals surface area contributed by atoms with Crippen molar-refractivity contribution in [3.05, 3.63) is 228 Å². The third-order valence-electron chi connectivity index (χ3n) is 13.0. The number of esters is 1. The Morgan fingerprint density at radius 2 is 1.06 bits per heavy atom. The first-order chi connectivity index (χ1) is 35.0. The van der Waals surface area contributed by atoms with Gasteiger partial charge in [0.1, 0.15) is 42.7 Å². The van der Waals surface area contributed by atoms with Crippen molar-refractivity contribution in [2.24, 2.45) is 0 Å². The topological polar surface area (TPSA) is 129 Å². The molecule has 10 rings (SSSR count). The summed E-state index contributed by atoms with van der Waals surface area (Å²) in [6, 6.07) is 61.2. The van der Waals surface area contributed by atoms with Crippen molar-refractivity contribution in [3.63, 3.8) is 0 Å². The smallest absolute Gasteiger partial charge is 0.338 e. The van der Waals surface area contributed by atoms with Crippen molar-refractivity contribution in [3.8, 4) is 0 Å². The van der Waals surface area contributed by atoms with Crippen LogP contribution in [-0.4, -0.2) is 86.4 Å². The van der Waals surface area contributed by atoms with Crippen molar-refractivity contribution < 1.29 is 52.2 Å². The monoisotopic (exact) mass is 955 g/mol. The van der Waals surface area contributed by atoms with Gasteiger partial charge in [0.15, 0.2) is 18.7 Å². The van der Waals surface area contributed by atoms with Crippen LogP contribution in [0.15, 0.2) is 194 Å². The number of nitrogens with one attached hydrogen (secondary N) is 1. The van der Waals surface area contributed by atoms with Gasteiger partial charge in [0.2, 0.25) is 5.91 Å². The minimum Gasteiger partial charge on any atom is -0.450 e. The molecule has 2 bridgehead atoms. The fraction of sp³-hybridized carbons (Fsp3) is 0.288. The van der Waals surface area contributed by atoms with E-state index in [9.17, 15) is 9.59 Å². The molecular weight excluding hydrogens is 899 g/mol. The second kappa shape index (κ2) is 23.6. The summed E-state index contributed by atoms with van der Waals surface area (Å²) in [5.74, 6) is -0.856. The van der Waals surface area contributed by atoms with Gasteiger partial charge >= 0.3 is 5.97 Å². The van der Waals surface area contributed by atoms with Crippen LogP contribution in [0.5, 0.6) is 0 Å². The minimum atomic E-state index is -1.21. The van der Waals surface area contributed by atoms with Crippen molar-refractivity contribution in [1.82, 2.24) is 5.32 Å². The van der Waals surface area contributed by atoms with Crippen LogP contribution >= 0.6 is 0 Å². The zero-order valence-electron chi connectivity index (χ0n) is 39.2. The lowest BCUT2D eigenvalue weighted by molar-refractivity contribution is -0.330. The maximum absolute atomic E-state index is 14.4. The summed E-state index contributed by atoms with van der Waals surface area (Å²) in [7, 11) is 0. The number of fused-ring (bicyclic) bond motifs is 3. The first-order valence-corrected chi connectivity index (χ1v) is 24.2. The zero-order chi connectivity index (χ0) is 48.2. The molecule has 7 aromatic carbocycles. The van der Waals surface area contributed by atoms with Gasteiger partial charge in [0.25, 0.3) is 0 Å². The summed E-state index contributed by atoms with van der Waals surface area (Å²) in [5, 5.41) is 5.49. The Balaban J connectivity index is 1.02. The summed E-state index contributed by atoms with van der Waals surface area (Å²) in [6.45, 7) is 1.05. The quantitative estimate of drug-likeness (QED) is 0.0736. The Hall–Kier alpha value is -6.58. The molecule has 1 N–H and O–H groups in total. The van der Waals surface area contributed by atoms with E-state index in [0.29, 0.717) is 12.2 Å². The summed E-state index contributed by atoms with van der Waals surface area (Å²) >= 11 is 0. The molecule has 3 aliphatic heterocycles. The van der Waals surface area contributed by atoms with Gasteiger partial charge in [0, 0.05) is 0 Å². The van der Waals surface area contributed by atoms with Gasteiger partial charge < -0.3 is 47.9 Å². The third-order valence-corrected chi connectivity index (χ3v) is 13.0. The normalized spacial score (nSPS) is 24.8. The van der Waals surface area contributed by atoms with Crippen molar-refractivity contribution in [2.45, 2.75) is 94.2 Å². The van der Waals surface area contributed by atoms with Crippen LogP contribution < -0.4 is 5.32 Å². The highest BCUT2D eigenvalue weighted by atomic mass is 16.8. The molecule has 7 aromatic rings. The van der Waals surface area contributed by atoms with Crippen LogP contribution in [0.2, 0.25) is 0 Å². The van der Waals surface area contributed by atoms with Crippen LogP contribution in [0, 0.1) is 0 Å². The minimum absolute atomic E-state index is 0.0761. The Labute approximate surface area is 413 Å². The molecule has 0 aromatic heterocycles. The van der Waals surface area contributed by atoms with E-state index in [2.05, 4.69) is 35.6 Å². The van der Waals surface area contributed by atoms with E-state index in [-0.39, 0.29) is 45.4 Å². The first-order valence-electron chi connectivity index (χ1n) is 24.2. The Morgan fingerprint density at radius 3 is 1.72 bits per heavy atom. The van der Waals surface area contributed by atoms with Crippen molar-refractivity contribution in [2.75, 3.05) is 13.2 Å². The summed E-state index contributed by atoms with van der Waals surface area (Å²) in [4.78, 5) is 28.3. The molecule has 0 unspecified atom stereocenters. The fourth-order valence-corrected chi connectivity index (χ4v) is 9.38. The maximum atomic E-state index is 14.4. The van der Waals surface area contributed by atoms with E-state index in [1.165, 1.54) is 0 Å². The average Bonchev–Trinajstić information content (AvgIpc) is 3.86. The number of hydrogen-bond donors (Lipinski definition) is 1. The van der Waals surface area contributed by atoms with Gasteiger partial charge in [-0.15, -0.1) is 0 Å². The fourth-order valence-electron chi connectivity index (χ4n) is 9.38. The highest BCUT2D eigenvalue weighted by Gasteiger charge is 2.57. The molecule has 12 heteroatoms. The molecule has 3 heterocycles. The molecule has 0 aliphatic carbocycles. The summed E-state index contributed by atoms with van der Waals surface area (Å²) < 4.78 is 60.5. The molecule has 0 radical (unpaired) electrons. The van der Waals surface area contributed by atoms with E-state index in [1.807, 2.05) is 140 Å². The van der Waals surface area contributed by atoms with Gasteiger partial charge in [-0.1, -0.05) is 176 Å². The lowest BCUT2D eigenvalue weighted by atomic mass is 9.94. The molecule has 12 nitrogen and oxygen atoms in total. The van der Waals surface area contributed by atoms with E-state index in [4.69, 9.17) is 42.6 Å². The molecule has 71 heavy (non-hydrogen) atoms. The highest BCUT2D eigenvalue weighted by Crippen LogP contribution is 2.38. The molecule has 0 spiro atoms. The average molecular weight is 956 g/mol. The SMILES string of the molecule is O=C(Cc1ccccc1)N[C@H]1[C@@H](O[C@@H]2[C@@H](OCc3ccccc3)[C@@H](OC(=O)c3ccccc3)[C@@H]3OC[C@@H]2O3)O[C@H](COCc2ccccc2)[C@@H](OCc2ccc3ccccc3c2)[C@@H]1OCc1ccccc1. The molecule has 10 atom stereocenters. The molecule has 364 valence electrons. The predicted molar refractivity (Wildman–Crippen MR) is 265 cm³/mol. The molecule has 1 amide bonds. The number of hydrogen-bond acceptors (Lipinski definition) is 11. The Bertz CT molecular complexity index is 2770. The van der Waals surface area contributed by atoms with Gasteiger partial charge in [-0.05, 0) is 56.8 Å². The lowest BCUT2D eigenvalue weighted by Crippen LogP contribution is -2.68. The summed E-state index contributed by atoms with van der Waals surface area (Å²) in [6.07, 6.45) is -8.12. The van der Waals surface area contributed by atoms with E-state index in [0.717, 1.165) is 38.6 Å². The molecule has 3 fully saturated rings. The van der Waals surface area contributed by atoms with Gasteiger partial charge in [-0.3, -0.25) is 4.79 Å².